The van der Waals surface area contributed by atoms with Gasteiger partial charge in [0.05, 0.1) is 16.8 Å². The zero-order chi connectivity index (χ0) is 19.8. The molecule has 1 saturated heterocycles. The van der Waals surface area contributed by atoms with Gasteiger partial charge in [0.2, 0.25) is 5.91 Å². The van der Waals surface area contributed by atoms with Crippen LogP contribution in [0.15, 0.2) is 60.3 Å². The second-order valence-corrected chi connectivity index (χ2v) is 8.50. The molecule has 2 aliphatic heterocycles. The number of carbonyl (C=O) groups excluding carboxylic acids is 1. The molecule has 1 unspecified atom stereocenters. The molecule has 1 fully saturated rings. The highest BCUT2D eigenvalue weighted by Gasteiger charge is 2.34. The normalized spacial score (nSPS) is 18.2. The number of carbonyl (C=O) groups is 1. The van der Waals surface area contributed by atoms with Crippen molar-refractivity contribution in [3.63, 3.8) is 0 Å². The SMILES string of the molecule is NCC(=O)N1CC2=CN(Cc3ccc(Oc4nc5ccccc5s4)cc3)CC2C1. The summed E-state index contributed by atoms with van der Waals surface area (Å²) in [6, 6.07) is 16.2. The number of nitrogens with two attached hydrogens (primary N) is 1. The smallest absolute Gasteiger partial charge is 0.279 e. The molecule has 0 radical (unpaired) electrons. The van der Waals surface area contributed by atoms with E-state index in [9.17, 15) is 4.79 Å². The summed E-state index contributed by atoms with van der Waals surface area (Å²) in [4.78, 5) is 20.5. The van der Waals surface area contributed by atoms with Crippen LogP contribution in [0.4, 0.5) is 0 Å². The second-order valence-electron chi connectivity index (χ2n) is 7.50. The molecular formula is C22H22N4O2S. The molecule has 148 valence electrons. The Morgan fingerprint density at radius 3 is 2.76 bits per heavy atom. The first-order valence-corrected chi connectivity index (χ1v) is 10.5. The Labute approximate surface area is 173 Å². The van der Waals surface area contributed by atoms with Crippen LogP contribution < -0.4 is 10.5 Å². The summed E-state index contributed by atoms with van der Waals surface area (Å²) >= 11 is 1.55. The van der Waals surface area contributed by atoms with Crippen molar-refractivity contribution in [3.05, 3.63) is 65.9 Å². The fraction of sp³-hybridized carbons (Fsp3) is 0.273. The standard InChI is InChI=1S/C22H22N4O2S/c23-9-21(27)26-13-16-11-25(12-17(16)14-26)10-15-5-7-18(8-6-15)28-22-24-19-3-1-2-4-20(19)29-22/h1-8,11,17H,9-10,12-14,23H2. The Hall–Kier alpha value is -2.90. The van der Waals surface area contributed by atoms with E-state index in [2.05, 4.69) is 28.2 Å². The molecule has 0 bridgehead atoms. The molecule has 1 atom stereocenters. The molecule has 1 aromatic heterocycles. The number of amides is 1. The maximum absolute atomic E-state index is 11.8. The van der Waals surface area contributed by atoms with Crippen molar-refractivity contribution in [3.8, 4) is 10.9 Å². The zero-order valence-corrected chi connectivity index (χ0v) is 16.8. The maximum Gasteiger partial charge on any atom is 0.279 e. The molecule has 2 aromatic carbocycles. The van der Waals surface area contributed by atoms with Crippen LogP contribution in [0.3, 0.4) is 0 Å². The van der Waals surface area contributed by atoms with Crippen LogP contribution in [0.1, 0.15) is 5.56 Å². The molecule has 2 N–H and O–H groups in total. The van der Waals surface area contributed by atoms with E-state index in [1.54, 1.807) is 11.3 Å². The largest absolute Gasteiger partial charge is 0.431 e. The van der Waals surface area contributed by atoms with Gasteiger partial charge in [0, 0.05) is 38.3 Å². The molecular weight excluding hydrogens is 384 g/mol. The number of nitrogens with zero attached hydrogens (tertiary/aromatic N) is 3. The van der Waals surface area contributed by atoms with Gasteiger partial charge in [-0.3, -0.25) is 4.79 Å². The number of benzene rings is 2. The lowest BCUT2D eigenvalue weighted by molar-refractivity contribution is -0.128. The first-order valence-electron chi connectivity index (χ1n) is 9.73. The first-order chi connectivity index (χ1) is 14.2. The van der Waals surface area contributed by atoms with E-state index in [-0.39, 0.29) is 12.5 Å². The van der Waals surface area contributed by atoms with Gasteiger partial charge in [0.15, 0.2) is 0 Å². The Kier molecular flexibility index (Phi) is 4.69. The quantitative estimate of drug-likeness (QED) is 0.705. The molecule has 0 saturated carbocycles. The number of rotatable bonds is 5. The van der Waals surface area contributed by atoms with Crippen molar-refractivity contribution in [1.29, 1.82) is 0 Å². The van der Waals surface area contributed by atoms with Crippen molar-refractivity contribution in [1.82, 2.24) is 14.8 Å². The molecule has 5 rings (SSSR count). The van der Waals surface area contributed by atoms with Crippen LogP contribution in [0.5, 0.6) is 10.9 Å². The zero-order valence-electron chi connectivity index (χ0n) is 16.0. The predicted octanol–water partition coefficient (Wildman–Crippen LogP) is 3.21. The summed E-state index contributed by atoms with van der Waals surface area (Å²) in [5.41, 5.74) is 9.00. The summed E-state index contributed by atoms with van der Waals surface area (Å²) in [6.07, 6.45) is 2.21. The van der Waals surface area contributed by atoms with Crippen molar-refractivity contribution in [2.45, 2.75) is 6.54 Å². The van der Waals surface area contributed by atoms with E-state index in [1.165, 1.54) is 11.1 Å². The lowest BCUT2D eigenvalue weighted by atomic mass is 10.1. The highest BCUT2D eigenvalue weighted by molar-refractivity contribution is 7.20. The van der Waals surface area contributed by atoms with Crippen LogP contribution >= 0.6 is 11.3 Å². The monoisotopic (exact) mass is 406 g/mol. The third-order valence-electron chi connectivity index (χ3n) is 5.46. The molecule has 3 aromatic rings. The lowest BCUT2D eigenvalue weighted by Crippen LogP contribution is -2.35. The molecule has 2 aliphatic rings. The van der Waals surface area contributed by atoms with Gasteiger partial charge in [0.25, 0.3) is 5.19 Å². The Bertz CT molecular complexity index is 1040. The average molecular weight is 407 g/mol. The predicted molar refractivity (Wildman–Crippen MR) is 114 cm³/mol. The number of aromatic nitrogens is 1. The number of ether oxygens (including phenoxy) is 1. The minimum absolute atomic E-state index is 0.0376. The van der Waals surface area contributed by atoms with Gasteiger partial charge in [-0.25, -0.2) is 4.98 Å². The molecule has 3 heterocycles. The molecule has 0 aliphatic carbocycles. The Balaban J connectivity index is 1.20. The highest BCUT2D eigenvalue weighted by Crippen LogP contribution is 2.32. The fourth-order valence-electron chi connectivity index (χ4n) is 4.01. The van der Waals surface area contributed by atoms with E-state index in [1.807, 2.05) is 41.3 Å². The van der Waals surface area contributed by atoms with Crippen LogP contribution in [-0.4, -0.2) is 46.9 Å². The number of para-hydroxylation sites is 1. The third-order valence-corrected chi connectivity index (χ3v) is 6.37. The fourth-order valence-corrected chi connectivity index (χ4v) is 4.85. The van der Waals surface area contributed by atoms with Gasteiger partial charge >= 0.3 is 0 Å². The van der Waals surface area contributed by atoms with Gasteiger partial charge in [-0.15, -0.1) is 0 Å². The van der Waals surface area contributed by atoms with Crippen molar-refractivity contribution in [2.24, 2.45) is 11.7 Å². The number of hydrogen-bond donors (Lipinski definition) is 1. The minimum atomic E-state index is 0.0376. The summed E-state index contributed by atoms with van der Waals surface area (Å²) < 4.78 is 7.05. The van der Waals surface area contributed by atoms with Crippen LogP contribution in [-0.2, 0) is 11.3 Å². The van der Waals surface area contributed by atoms with E-state index in [0.29, 0.717) is 17.7 Å². The third kappa shape index (κ3) is 3.71. The number of likely N-dealkylation sites (tertiary alicyclic amines) is 1. The van der Waals surface area contributed by atoms with E-state index >= 15 is 0 Å². The van der Waals surface area contributed by atoms with Gasteiger partial charge in [-0.1, -0.05) is 35.6 Å². The van der Waals surface area contributed by atoms with Crippen LogP contribution in [0, 0.1) is 5.92 Å². The maximum atomic E-state index is 11.8. The van der Waals surface area contributed by atoms with Crippen LogP contribution in [0.2, 0.25) is 0 Å². The van der Waals surface area contributed by atoms with E-state index < -0.39 is 0 Å². The molecule has 6 nitrogen and oxygen atoms in total. The van der Waals surface area contributed by atoms with Crippen molar-refractivity contribution >= 4 is 27.5 Å². The Morgan fingerprint density at radius 2 is 2.00 bits per heavy atom. The summed E-state index contributed by atoms with van der Waals surface area (Å²) in [7, 11) is 0. The molecule has 1 amide bonds. The van der Waals surface area contributed by atoms with Crippen molar-refractivity contribution < 1.29 is 9.53 Å². The second kappa shape index (κ2) is 7.50. The molecule has 29 heavy (non-hydrogen) atoms. The summed E-state index contributed by atoms with van der Waals surface area (Å²) in [5, 5.41) is 0.660. The van der Waals surface area contributed by atoms with Gasteiger partial charge in [-0.05, 0) is 35.4 Å². The number of hydrogen-bond acceptors (Lipinski definition) is 6. The molecule has 7 heteroatoms. The topological polar surface area (TPSA) is 71.7 Å². The minimum Gasteiger partial charge on any atom is -0.431 e. The van der Waals surface area contributed by atoms with E-state index in [4.69, 9.17) is 10.5 Å². The highest BCUT2D eigenvalue weighted by atomic mass is 32.1. The number of thiazole rings is 1. The van der Waals surface area contributed by atoms with Crippen LogP contribution in [0.25, 0.3) is 10.2 Å². The van der Waals surface area contributed by atoms with Gasteiger partial charge in [0.1, 0.15) is 5.75 Å². The average Bonchev–Trinajstić information content (AvgIpc) is 3.41. The first kappa shape index (κ1) is 18.1. The Morgan fingerprint density at radius 1 is 1.17 bits per heavy atom. The van der Waals surface area contributed by atoms with Gasteiger partial charge < -0.3 is 20.3 Å². The van der Waals surface area contributed by atoms with Gasteiger partial charge in [-0.2, -0.15) is 0 Å². The molecule has 0 spiro atoms. The summed E-state index contributed by atoms with van der Waals surface area (Å²) in [6.45, 7) is 3.40. The number of fused-ring (bicyclic) bond motifs is 2. The van der Waals surface area contributed by atoms with Crippen molar-refractivity contribution in [2.75, 3.05) is 26.2 Å². The lowest BCUT2D eigenvalue weighted by Gasteiger charge is -2.20. The summed E-state index contributed by atoms with van der Waals surface area (Å²) in [5.74, 6) is 1.27. The van der Waals surface area contributed by atoms with E-state index in [0.717, 1.165) is 35.6 Å².